The SMILES string of the molecule is CC(C)(C)CC(=O)NCc1nc(C2(N)CCCC2)no1. The van der Waals surface area contributed by atoms with Crippen LogP contribution in [0, 0.1) is 5.41 Å². The zero-order valence-corrected chi connectivity index (χ0v) is 12.5. The lowest BCUT2D eigenvalue weighted by Crippen LogP contribution is -2.34. The molecule has 1 aromatic heterocycles. The molecule has 1 aliphatic rings. The second kappa shape index (κ2) is 5.52. The Balaban J connectivity index is 1.89. The summed E-state index contributed by atoms with van der Waals surface area (Å²) in [6.45, 7) is 6.33. The molecule has 1 saturated carbocycles. The summed E-state index contributed by atoms with van der Waals surface area (Å²) in [5.74, 6) is 0.967. The van der Waals surface area contributed by atoms with Gasteiger partial charge in [-0.2, -0.15) is 4.98 Å². The summed E-state index contributed by atoms with van der Waals surface area (Å²) < 4.78 is 5.17. The van der Waals surface area contributed by atoms with Crippen LogP contribution in [0.4, 0.5) is 0 Å². The molecule has 0 bridgehead atoms. The van der Waals surface area contributed by atoms with Crippen molar-refractivity contribution in [3.63, 3.8) is 0 Å². The third-order valence-electron chi connectivity index (χ3n) is 3.54. The van der Waals surface area contributed by atoms with E-state index in [4.69, 9.17) is 10.3 Å². The van der Waals surface area contributed by atoms with E-state index in [-0.39, 0.29) is 17.9 Å². The van der Waals surface area contributed by atoms with E-state index in [0.717, 1.165) is 25.7 Å². The highest BCUT2D eigenvalue weighted by Crippen LogP contribution is 2.34. The third kappa shape index (κ3) is 3.79. The second-order valence-electron chi connectivity index (χ2n) is 6.89. The molecule has 2 rings (SSSR count). The number of nitrogens with one attached hydrogen (secondary N) is 1. The van der Waals surface area contributed by atoms with Gasteiger partial charge in [-0.05, 0) is 18.3 Å². The zero-order chi connectivity index (χ0) is 14.8. The standard InChI is InChI=1S/C14H24N4O2/c1-13(2,3)8-10(19)16-9-11-17-12(18-20-11)14(15)6-4-5-7-14/h4-9,15H2,1-3H3,(H,16,19). The minimum atomic E-state index is -0.447. The van der Waals surface area contributed by atoms with Gasteiger partial charge >= 0.3 is 0 Å². The van der Waals surface area contributed by atoms with E-state index in [1.165, 1.54) is 0 Å². The van der Waals surface area contributed by atoms with Crippen molar-refractivity contribution in [2.24, 2.45) is 11.1 Å². The van der Waals surface area contributed by atoms with Crippen molar-refractivity contribution >= 4 is 5.91 Å². The van der Waals surface area contributed by atoms with Gasteiger partial charge < -0.3 is 15.6 Å². The normalized spacial score (nSPS) is 18.2. The van der Waals surface area contributed by atoms with E-state index < -0.39 is 5.54 Å². The first-order chi connectivity index (χ1) is 9.28. The Bertz CT molecular complexity index is 470. The van der Waals surface area contributed by atoms with Gasteiger partial charge in [-0.25, -0.2) is 0 Å². The van der Waals surface area contributed by atoms with Crippen LogP contribution in [0.5, 0.6) is 0 Å². The van der Waals surface area contributed by atoms with Crippen LogP contribution in [-0.2, 0) is 16.9 Å². The number of rotatable bonds is 4. The lowest BCUT2D eigenvalue weighted by molar-refractivity contribution is -0.123. The summed E-state index contributed by atoms with van der Waals surface area (Å²) in [6.07, 6.45) is 4.45. The summed E-state index contributed by atoms with van der Waals surface area (Å²) in [5.41, 5.74) is 5.78. The molecule has 0 unspecified atom stereocenters. The average molecular weight is 280 g/mol. The first-order valence-corrected chi connectivity index (χ1v) is 7.17. The minimum absolute atomic E-state index is 0.0134. The van der Waals surface area contributed by atoms with Crippen LogP contribution in [0.1, 0.15) is 64.6 Å². The Morgan fingerprint density at radius 3 is 2.65 bits per heavy atom. The van der Waals surface area contributed by atoms with Gasteiger partial charge in [0.2, 0.25) is 11.8 Å². The molecule has 0 aromatic carbocycles. The number of amides is 1. The summed E-state index contributed by atoms with van der Waals surface area (Å²) in [6, 6.07) is 0. The van der Waals surface area contributed by atoms with Crippen LogP contribution in [0.2, 0.25) is 0 Å². The molecule has 0 radical (unpaired) electrons. The average Bonchev–Trinajstić information content (AvgIpc) is 2.93. The molecule has 1 aliphatic carbocycles. The van der Waals surface area contributed by atoms with Crippen molar-refractivity contribution < 1.29 is 9.32 Å². The van der Waals surface area contributed by atoms with Crippen molar-refractivity contribution in [3.8, 4) is 0 Å². The minimum Gasteiger partial charge on any atom is -0.347 e. The molecular weight excluding hydrogens is 256 g/mol. The summed E-state index contributed by atoms with van der Waals surface area (Å²) >= 11 is 0. The molecule has 6 heteroatoms. The molecule has 112 valence electrons. The van der Waals surface area contributed by atoms with E-state index in [1.807, 2.05) is 20.8 Å². The molecule has 0 spiro atoms. The number of aromatic nitrogens is 2. The third-order valence-corrected chi connectivity index (χ3v) is 3.54. The first kappa shape index (κ1) is 15.0. The predicted octanol–water partition coefficient (Wildman–Crippen LogP) is 1.85. The summed E-state index contributed by atoms with van der Waals surface area (Å²) in [5, 5.41) is 6.76. The number of carbonyl (C=O) groups excluding carboxylic acids is 1. The number of hydrogen-bond acceptors (Lipinski definition) is 5. The van der Waals surface area contributed by atoms with E-state index in [2.05, 4.69) is 15.5 Å². The van der Waals surface area contributed by atoms with Crippen LogP contribution in [0.3, 0.4) is 0 Å². The van der Waals surface area contributed by atoms with E-state index in [1.54, 1.807) is 0 Å². The molecule has 0 atom stereocenters. The Kier molecular flexibility index (Phi) is 4.13. The molecular formula is C14H24N4O2. The smallest absolute Gasteiger partial charge is 0.246 e. The van der Waals surface area contributed by atoms with Crippen LogP contribution >= 0.6 is 0 Å². The monoisotopic (exact) mass is 280 g/mol. The highest BCUT2D eigenvalue weighted by molar-refractivity contribution is 5.76. The maximum absolute atomic E-state index is 11.7. The second-order valence-corrected chi connectivity index (χ2v) is 6.89. The van der Waals surface area contributed by atoms with Gasteiger partial charge in [0.05, 0.1) is 12.1 Å². The van der Waals surface area contributed by atoms with Gasteiger partial charge in [0.1, 0.15) is 0 Å². The quantitative estimate of drug-likeness (QED) is 0.877. The Morgan fingerprint density at radius 1 is 1.40 bits per heavy atom. The van der Waals surface area contributed by atoms with Crippen molar-refractivity contribution in [3.05, 3.63) is 11.7 Å². The highest BCUT2D eigenvalue weighted by atomic mass is 16.5. The predicted molar refractivity (Wildman–Crippen MR) is 74.6 cm³/mol. The van der Waals surface area contributed by atoms with Crippen molar-refractivity contribution in [2.75, 3.05) is 0 Å². The summed E-state index contributed by atoms with van der Waals surface area (Å²) in [7, 11) is 0. The lowest BCUT2D eigenvalue weighted by Gasteiger charge is -2.17. The van der Waals surface area contributed by atoms with Crippen molar-refractivity contribution in [1.82, 2.24) is 15.5 Å². The Labute approximate surface area is 119 Å². The number of carbonyl (C=O) groups is 1. The zero-order valence-electron chi connectivity index (χ0n) is 12.5. The number of hydrogen-bond donors (Lipinski definition) is 2. The van der Waals surface area contributed by atoms with Gasteiger partial charge in [0.25, 0.3) is 0 Å². The fourth-order valence-corrected chi connectivity index (χ4v) is 2.48. The van der Waals surface area contributed by atoms with Gasteiger partial charge in [0.15, 0.2) is 5.82 Å². The van der Waals surface area contributed by atoms with Crippen LogP contribution in [-0.4, -0.2) is 16.0 Å². The van der Waals surface area contributed by atoms with Crippen molar-refractivity contribution in [1.29, 1.82) is 0 Å². The molecule has 0 aliphatic heterocycles. The van der Waals surface area contributed by atoms with E-state index in [9.17, 15) is 4.79 Å². The molecule has 20 heavy (non-hydrogen) atoms. The number of nitrogens with zero attached hydrogens (tertiary/aromatic N) is 2. The van der Waals surface area contributed by atoms with E-state index in [0.29, 0.717) is 18.1 Å². The maximum Gasteiger partial charge on any atom is 0.246 e. The summed E-state index contributed by atoms with van der Waals surface area (Å²) in [4.78, 5) is 16.0. The first-order valence-electron chi connectivity index (χ1n) is 7.17. The molecule has 0 saturated heterocycles. The van der Waals surface area contributed by atoms with Crippen molar-refractivity contribution in [2.45, 2.75) is 65.0 Å². The fraction of sp³-hybridized carbons (Fsp3) is 0.786. The Hall–Kier alpha value is -1.43. The molecule has 1 heterocycles. The Morgan fingerprint density at radius 2 is 2.05 bits per heavy atom. The van der Waals surface area contributed by atoms with Gasteiger partial charge in [-0.1, -0.05) is 38.8 Å². The topological polar surface area (TPSA) is 94.0 Å². The van der Waals surface area contributed by atoms with Crippen LogP contribution in [0.25, 0.3) is 0 Å². The molecule has 3 N–H and O–H groups in total. The highest BCUT2D eigenvalue weighted by Gasteiger charge is 2.35. The van der Waals surface area contributed by atoms with Crippen LogP contribution in [0.15, 0.2) is 4.52 Å². The van der Waals surface area contributed by atoms with Gasteiger partial charge in [0, 0.05) is 6.42 Å². The molecule has 1 amide bonds. The maximum atomic E-state index is 11.7. The number of nitrogens with two attached hydrogens (primary N) is 1. The van der Waals surface area contributed by atoms with Crippen LogP contribution < -0.4 is 11.1 Å². The largest absolute Gasteiger partial charge is 0.347 e. The molecule has 1 aromatic rings. The fourth-order valence-electron chi connectivity index (χ4n) is 2.48. The van der Waals surface area contributed by atoms with Gasteiger partial charge in [-0.3, -0.25) is 4.79 Å². The lowest BCUT2D eigenvalue weighted by atomic mass is 9.92. The van der Waals surface area contributed by atoms with Gasteiger partial charge in [-0.15, -0.1) is 0 Å². The molecule has 6 nitrogen and oxygen atoms in total. The van der Waals surface area contributed by atoms with E-state index >= 15 is 0 Å². The molecule has 1 fully saturated rings.